The van der Waals surface area contributed by atoms with Crippen molar-refractivity contribution in [3.63, 3.8) is 0 Å². The Labute approximate surface area is 211 Å². The summed E-state index contributed by atoms with van der Waals surface area (Å²) in [6.07, 6.45) is 2.04. The van der Waals surface area contributed by atoms with Crippen LogP contribution in [0, 0.1) is 6.92 Å². The molecule has 11 nitrogen and oxygen atoms in total. The molecule has 5 rings (SSSR count). The normalized spacial score (nSPS) is 17.7. The Hall–Kier alpha value is -2.64. The molecule has 0 radical (unpaired) electrons. The van der Waals surface area contributed by atoms with Gasteiger partial charge in [-0.15, -0.1) is 0 Å². The summed E-state index contributed by atoms with van der Waals surface area (Å²) in [4.78, 5) is 41.2. The van der Waals surface area contributed by atoms with Crippen molar-refractivity contribution >= 4 is 46.3 Å². The van der Waals surface area contributed by atoms with Gasteiger partial charge in [-0.3, -0.25) is 14.2 Å². The maximum atomic E-state index is 12.6. The van der Waals surface area contributed by atoms with E-state index in [-0.39, 0.29) is 23.9 Å². The number of amides is 1. The van der Waals surface area contributed by atoms with Gasteiger partial charge in [0.2, 0.25) is 5.91 Å². The summed E-state index contributed by atoms with van der Waals surface area (Å²) in [5, 5.41) is 9.82. The Bertz CT molecular complexity index is 1290. The third-order valence-electron chi connectivity index (χ3n) is 5.92. The molecule has 13 heteroatoms. The van der Waals surface area contributed by atoms with Crippen LogP contribution in [0.15, 0.2) is 27.4 Å². The molecule has 0 saturated carbocycles. The second kappa shape index (κ2) is 10.5. The Morgan fingerprint density at radius 2 is 2.11 bits per heavy atom. The summed E-state index contributed by atoms with van der Waals surface area (Å²) >= 11 is 3.11. The number of aromatic nitrogens is 6. The smallest absolute Gasteiger partial charge is 0.254 e. The lowest BCUT2D eigenvalue weighted by molar-refractivity contribution is -0.121. The molecule has 0 aliphatic carbocycles. The van der Waals surface area contributed by atoms with Gasteiger partial charge in [-0.1, -0.05) is 30.4 Å². The Morgan fingerprint density at radius 3 is 2.91 bits per heavy atom. The number of nitrogens with zero attached hydrogens (tertiary/aromatic N) is 7. The van der Waals surface area contributed by atoms with E-state index in [9.17, 15) is 9.59 Å². The van der Waals surface area contributed by atoms with Crippen molar-refractivity contribution in [2.75, 3.05) is 49.3 Å². The standard InChI is InChI=1S/C22H28N8O3S2/c1-3-34-21-26-19(28-6-8-33-9-7-28)16-12-24-29(20(16)27-21)5-4-23-17(31)11-15-13-35-22-25-14(2)10-18(32)30(15)22/h10,12,15H,3-9,11,13H2,1-2H3,(H,23,31). The van der Waals surface area contributed by atoms with Gasteiger partial charge in [-0.05, 0) is 12.7 Å². The number of hydrogen-bond acceptors (Lipinski definition) is 10. The summed E-state index contributed by atoms with van der Waals surface area (Å²) in [5.41, 5.74) is 1.36. The molecule has 1 saturated heterocycles. The van der Waals surface area contributed by atoms with Gasteiger partial charge < -0.3 is 15.0 Å². The van der Waals surface area contributed by atoms with Crippen molar-refractivity contribution in [2.24, 2.45) is 0 Å². The van der Waals surface area contributed by atoms with E-state index in [2.05, 4.69) is 27.2 Å². The second-order valence-electron chi connectivity index (χ2n) is 8.37. The lowest BCUT2D eigenvalue weighted by atomic mass is 10.2. The molecule has 1 atom stereocenters. The maximum absolute atomic E-state index is 12.6. The minimum atomic E-state index is -0.182. The number of carbonyl (C=O) groups is 1. The van der Waals surface area contributed by atoms with Gasteiger partial charge in [0, 0.05) is 43.6 Å². The number of thioether (sulfide) groups is 2. The highest BCUT2D eigenvalue weighted by atomic mass is 32.2. The number of aryl methyl sites for hydroxylation is 1. The minimum Gasteiger partial charge on any atom is -0.378 e. The molecule has 1 fully saturated rings. The van der Waals surface area contributed by atoms with E-state index >= 15 is 0 Å². The first-order chi connectivity index (χ1) is 17.0. The summed E-state index contributed by atoms with van der Waals surface area (Å²) in [5.74, 6) is 2.33. The SMILES string of the molecule is CCSc1nc(N2CCOCC2)c2cnn(CCNC(=O)CC3CSc4nc(C)cc(=O)n43)c2n1. The lowest BCUT2D eigenvalue weighted by Crippen LogP contribution is -2.37. The minimum absolute atomic E-state index is 0.0988. The van der Waals surface area contributed by atoms with Gasteiger partial charge in [0.25, 0.3) is 5.56 Å². The molecule has 0 bridgehead atoms. The zero-order valence-electron chi connectivity index (χ0n) is 19.8. The van der Waals surface area contributed by atoms with E-state index in [4.69, 9.17) is 14.7 Å². The first-order valence-electron chi connectivity index (χ1n) is 11.7. The summed E-state index contributed by atoms with van der Waals surface area (Å²) in [6, 6.07) is 1.33. The topological polar surface area (TPSA) is 120 Å². The van der Waals surface area contributed by atoms with Gasteiger partial charge in [0.1, 0.15) is 5.82 Å². The van der Waals surface area contributed by atoms with E-state index in [0.29, 0.717) is 42.9 Å². The van der Waals surface area contributed by atoms with Gasteiger partial charge in [0.15, 0.2) is 16.0 Å². The van der Waals surface area contributed by atoms with E-state index in [1.165, 1.54) is 17.8 Å². The van der Waals surface area contributed by atoms with E-state index in [0.717, 1.165) is 40.9 Å². The molecule has 2 aliphatic rings. The predicted octanol–water partition coefficient (Wildman–Crippen LogP) is 1.49. The number of anilines is 1. The highest BCUT2D eigenvalue weighted by Gasteiger charge is 2.27. The van der Waals surface area contributed by atoms with Crippen LogP contribution in [-0.2, 0) is 16.1 Å². The van der Waals surface area contributed by atoms with Crippen LogP contribution in [0.5, 0.6) is 0 Å². The Kier molecular flexibility index (Phi) is 7.25. The van der Waals surface area contributed by atoms with Crippen molar-refractivity contribution in [3.05, 3.63) is 28.3 Å². The van der Waals surface area contributed by atoms with E-state index in [1.807, 2.05) is 4.68 Å². The summed E-state index contributed by atoms with van der Waals surface area (Å²) in [7, 11) is 0. The Balaban J connectivity index is 1.26. The maximum Gasteiger partial charge on any atom is 0.254 e. The zero-order valence-corrected chi connectivity index (χ0v) is 21.4. The van der Waals surface area contributed by atoms with Gasteiger partial charge in [-0.2, -0.15) is 5.10 Å². The fourth-order valence-electron chi connectivity index (χ4n) is 4.29. The van der Waals surface area contributed by atoms with Gasteiger partial charge in [0.05, 0.1) is 37.4 Å². The molecule has 1 N–H and O–H groups in total. The number of hydrogen-bond donors (Lipinski definition) is 1. The molecule has 3 aromatic heterocycles. The van der Waals surface area contributed by atoms with Crippen LogP contribution in [0.4, 0.5) is 5.82 Å². The summed E-state index contributed by atoms with van der Waals surface area (Å²) in [6.45, 7) is 7.70. The van der Waals surface area contributed by atoms with E-state index < -0.39 is 0 Å². The molecule has 2 aliphatic heterocycles. The highest BCUT2D eigenvalue weighted by molar-refractivity contribution is 7.99. The highest BCUT2D eigenvalue weighted by Crippen LogP contribution is 2.32. The van der Waals surface area contributed by atoms with Crippen LogP contribution in [-0.4, -0.2) is 79.6 Å². The average molecular weight is 517 g/mol. The number of rotatable bonds is 8. The molecule has 1 unspecified atom stereocenters. The number of ether oxygens (including phenoxy) is 1. The first-order valence-corrected chi connectivity index (χ1v) is 13.7. The fourth-order valence-corrected chi connectivity index (χ4v) is 6.05. The molecule has 3 aromatic rings. The van der Waals surface area contributed by atoms with Crippen molar-refractivity contribution < 1.29 is 9.53 Å². The Morgan fingerprint density at radius 1 is 1.29 bits per heavy atom. The van der Waals surface area contributed by atoms with Crippen LogP contribution in [0.25, 0.3) is 11.0 Å². The molecule has 0 aromatic carbocycles. The largest absolute Gasteiger partial charge is 0.378 e. The zero-order chi connectivity index (χ0) is 24.4. The average Bonchev–Trinajstić information content (AvgIpc) is 3.43. The van der Waals surface area contributed by atoms with Crippen LogP contribution in [0.1, 0.15) is 25.1 Å². The molecule has 5 heterocycles. The number of morpholine rings is 1. The molecule has 0 spiro atoms. The van der Waals surface area contributed by atoms with Crippen LogP contribution in [0.2, 0.25) is 0 Å². The van der Waals surface area contributed by atoms with Crippen molar-refractivity contribution in [1.29, 1.82) is 0 Å². The third kappa shape index (κ3) is 5.16. The molecule has 1 amide bonds. The monoisotopic (exact) mass is 516 g/mol. The lowest BCUT2D eigenvalue weighted by Gasteiger charge is -2.28. The van der Waals surface area contributed by atoms with Gasteiger partial charge >= 0.3 is 0 Å². The first kappa shape index (κ1) is 24.1. The van der Waals surface area contributed by atoms with Crippen LogP contribution in [0.3, 0.4) is 0 Å². The third-order valence-corrected chi connectivity index (χ3v) is 7.75. The molecule has 35 heavy (non-hydrogen) atoms. The number of carbonyl (C=O) groups excluding carboxylic acids is 1. The molecular weight excluding hydrogens is 488 g/mol. The van der Waals surface area contributed by atoms with Crippen molar-refractivity contribution in [2.45, 2.75) is 43.2 Å². The predicted molar refractivity (Wildman–Crippen MR) is 135 cm³/mol. The number of fused-ring (bicyclic) bond motifs is 2. The van der Waals surface area contributed by atoms with Crippen LogP contribution < -0.4 is 15.8 Å². The molecule has 186 valence electrons. The van der Waals surface area contributed by atoms with E-state index in [1.54, 1.807) is 29.4 Å². The second-order valence-corrected chi connectivity index (χ2v) is 10.6. The van der Waals surface area contributed by atoms with Gasteiger partial charge in [-0.25, -0.2) is 19.6 Å². The van der Waals surface area contributed by atoms with Crippen molar-refractivity contribution in [1.82, 2.24) is 34.6 Å². The fraction of sp³-hybridized carbons (Fsp3) is 0.545. The molecular formula is C22H28N8O3S2. The van der Waals surface area contributed by atoms with Crippen LogP contribution >= 0.6 is 23.5 Å². The quantitative estimate of drug-likeness (QED) is 0.348. The van der Waals surface area contributed by atoms with Crippen molar-refractivity contribution in [3.8, 4) is 0 Å². The summed E-state index contributed by atoms with van der Waals surface area (Å²) < 4.78 is 8.95. The number of nitrogens with one attached hydrogen (secondary N) is 1.